The monoisotopic (exact) mass is 338 g/mol. The zero-order chi connectivity index (χ0) is 14.9. The molecule has 0 heterocycles. The van der Waals surface area contributed by atoms with Gasteiger partial charge in [0.15, 0.2) is 11.6 Å². The van der Waals surface area contributed by atoms with Crippen molar-refractivity contribution in [1.82, 2.24) is 0 Å². The van der Waals surface area contributed by atoms with Crippen LogP contribution in [-0.4, -0.2) is 0 Å². The van der Waals surface area contributed by atoms with E-state index in [2.05, 4.69) is 15.9 Å². The maximum absolute atomic E-state index is 13.9. The Morgan fingerprint density at radius 3 is 2.60 bits per heavy atom. The van der Waals surface area contributed by atoms with Crippen LogP contribution in [0, 0.1) is 29.9 Å². The summed E-state index contributed by atoms with van der Waals surface area (Å²) in [6.45, 7) is 1.71. The van der Waals surface area contributed by atoms with Crippen molar-refractivity contribution in [3.8, 4) is 17.6 Å². The quantitative estimate of drug-likeness (QED) is 0.831. The van der Waals surface area contributed by atoms with Gasteiger partial charge in [-0.3, -0.25) is 0 Å². The zero-order valence-electron chi connectivity index (χ0n) is 10.4. The van der Waals surface area contributed by atoms with E-state index in [1.54, 1.807) is 13.0 Å². The van der Waals surface area contributed by atoms with Gasteiger partial charge in [-0.15, -0.1) is 0 Å². The highest BCUT2D eigenvalue weighted by Crippen LogP contribution is 2.37. The summed E-state index contributed by atoms with van der Waals surface area (Å²) in [5, 5.41) is 8.75. The van der Waals surface area contributed by atoms with Gasteiger partial charge in [0.05, 0.1) is 10.0 Å². The molecule has 0 atom stereocenters. The molecule has 2 N–H and O–H groups in total. The summed E-state index contributed by atoms with van der Waals surface area (Å²) in [5.41, 5.74) is 6.38. The Labute approximate surface area is 122 Å². The van der Waals surface area contributed by atoms with E-state index in [9.17, 15) is 8.78 Å². The summed E-state index contributed by atoms with van der Waals surface area (Å²) in [6, 6.07) is 6.44. The van der Waals surface area contributed by atoms with Gasteiger partial charge in [-0.05, 0) is 40.5 Å². The SMILES string of the molecule is Cc1c(N)cc(F)c(Oc2ccc(F)c(C#N)c2)c1Br. The lowest BCUT2D eigenvalue weighted by Gasteiger charge is -2.12. The van der Waals surface area contributed by atoms with Crippen LogP contribution in [0.2, 0.25) is 0 Å². The van der Waals surface area contributed by atoms with Gasteiger partial charge in [-0.25, -0.2) is 8.78 Å². The minimum Gasteiger partial charge on any atom is -0.453 e. The Hall–Kier alpha value is -2.13. The second-order valence-corrected chi connectivity index (χ2v) is 4.86. The summed E-state index contributed by atoms with van der Waals surface area (Å²) in [7, 11) is 0. The molecule has 0 amide bonds. The van der Waals surface area contributed by atoms with Crippen LogP contribution in [0.25, 0.3) is 0 Å². The Balaban J connectivity index is 2.46. The van der Waals surface area contributed by atoms with Crippen LogP contribution in [0.5, 0.6) is 11.5 Å². The maximum atomic E-state index is 13.9. The second kappa shape index (κ2) is 5.47. The Morgan fingerprint density at radius 2 is 1.95 bits per heavy atom. The summed E-state index contributed by atoms with van der Waals surface area (Å²) >= 11 is 3.21. The number of halogens is 3. The third-order valence-electron chi connectivity index (χ3n) is 2.74. The molecule has 102 valence electrons. The van der Waals surface area contributed by atoms with Gasteiger partial charge >= 0.3 is 0 Å². The standard InChI is InChI=1S/C14H9BrF2N2O/c1-7-12(19)5-11(17)14(13(7)15)20-9-2-3-10(16)8(4-9)6-18/h2-5H,19H2,1H3. The molecule has 2 rings (SSSR count). The molecular weight excluding hydrogens is 330 g/mol. The number of nitriles is 1. The van der Waals surface area contributed by atoms with E-state index in [0.29, 0.717) is 15.7 Å². The zero-order valence-corrected chi connectivity index (χ0v) is 12.0. The lowest BCUT2D eigenvalue weighted by Crippen LogP contribution is -1.97. The maximum Gasteiger partial charge on any atom is 0.177 e. The third-order valence-corrected chi connectivity index (χ3v) is 3.69. The van der Waals surface area contributed by atoms with E-state index in [0.717, 1.165) is 12.1 Å². The fourth-order valence-electron chi connectivity index (χ4n) is 1.58. The molecular formula is C14H9BrF2N2O. The molecule has 0 radical (unpaired) electrons. The van der Waals surface area contributed by atoms with Crippen LogP contribution in [0.4, 0.5) is 14.5 Å². The smallest absolute Gasteiger partial charge is 0.177 e. The molecule has 0 unspecified atom stereocenters. The first-order valence-electron chi connectivity index (χ1n) is 5.55. The van der Waals surface area contributed by atoms with Gasteiger partial charge in [-0.1, -0.05) is 0 Å². The number of nitrogens with zero attached hydrogens (tertiary/aromatic N) is 1. The highest BCUT2D eigenvalue weighted by Gasteiger charge is 2.15. The molecule has 0 aliphatic rings. The first kappa shape index (κ1) is 14.3. The molecule has 2 aromatic rings. The molecule has 0 saturated heterocycles. The molecule has 6 heteroatoms. The van der Waals surface area contributed by atoms with Crippen molar-refractivity contribution in [3.05, 3.63) is 51.5 Å². The Kier molecular flexibility index (Phi) is 3.91. The molecule has 3 nitrogen and oxygen atoms in total. The number of ether oxygens (including phenoxy) is 1. The molecule has 20 heavy (non-hydrogen) atoms. The predicted molar refractivity (Wildman–Crippen MR) is 74.4 cm³/mol. The van der Waals surface area contributed by atoms with Gasteiger partial charge in [0.25, 0.3) is 0 Å². The summed E-state index contributed by atoms with van der Waals surface area (Å²) in [5.74, 6) is -1.21. The molecule has 0 fully saturated rings. The van der Waals surface area contributed by atoms with E-state index >= 15 is 0 Å². The highest BCUT2D eigenvalue weighted by molar-refractivity contribution is 9.10. The number of nitrogen functional groups attached to an aromatic ring is 1. The van der Waals surface area contributed by atoms with E-state index in [-0.39, 0.29) is 17.1 Å². The van der Waals surface area contributed by atoms with Crippen molar-refractivity contribution in [3.63, 3.8) is 0 Å². The number of anilines is 1. The molecule has 0 aliphatic heterocycles. The largest absolute Gasteiger partial charge is 0.453 e. The van der Waals surface area contributed by atoms with Crippen molar-refractivity contribution in [1.29, 1.82) is 5.26 Å². The van der Waals surface area contributed by atoms with E-state index < -0.39 is 11.6 Å². The Bertz CT molecular complexity index is 726. The summed E-state index contributed by atoms with van der Waals surface area (Å²) < 4.78 is 32.8. The van der Waals surface area contributed by atoms with Gasteiger partial charge < -0.3 is 10.5 Å². The fraction of sp³-hybridized carbons (Fsp3) is 0.0714. The first-order chi connectivity index (χ1) is 9.43. The Morgan fingerprint density at radius 1 is 1.25 bits per heavy atom. The van der Waals surface area contributed by atoms with Crippen molar-refractivity contribution in [2.75, 3.05) is 5.73 Å². The lowest BCUT2D eigenvalue weighted by atomic mass is 10.2. The van der Waals surface area contributed by atoms with Crippen LogP contribution in [0.3, 0.4) is 0 Å². The van der Waals surface area contributed by atoms with Crippen LogP contribution < -0.4 is 10.5 Å². The van der Waals surface area contributed by atoms with Crippen LogP contribution in [-0.2, 0) is 0 Å². The average Bonchev–Trinajstić information content (AvgIpc) is 2.43. The van der Waals surface area contributed by atoms with Crippen molar-refractivity contribution in [2.24, 2.45) is 0 Å². The minimum atomic E-state index is -0.659. The van der Waals surface area contributed by atoms with E-state index in [1.807, 2.05) is 0 Å². The molecule has 2 aromatic carbocycles. The van der Waals surface area contributed by atoms with Crippen molar-refractivity contribution in [2.45, 2.75) is 6.92 Å². The van der Waals surface area contributed by atoms with Crippen molar-refractivity contribution < 1.29 is 13.5 Å². The van der Waals surface area contributed by atoms with Gasteiger partial charge in [-0.2, -0.15) is 5.26 Å². The summed E-state index contributed by atoms with van der Waals surface area (Å²) in [4.78, 5) is 0. The molecule has 0 aromatic heterocycles. The fourth-order valence-corrected chi connectivity index (χ4v) is 2.08. The predicted octanol–water partition coefficient (Wildman–Crippen LogP) is 4.28. The highest BCUT2D eigenvalue weighted by atomic mass is 79.9. The van der Waals surface area contributed by atoms with Gasteiger partial charge in [0.1, 0.15) is 17.6 Å². The topological polar surface area (TPSA) is 59.0 Å². The number of nitrogens with two attached hydrogens (primary N) is 1. The third kappa shape index (κ3) is 2.58. The van der Waals surface area contributed by atoms with Crippen LogP contribution >= 0.6 is 15.9 Å². The number of benzene rings is 2. The molecule has 0 bridgehead atoms. The lowest BCUT2D eigenvalue weighted by molar-refractivity contribution is 0.437. The van der Waals surface area contributed by atoms with Gasteiger partial charge in [0, 0.05) is 17.8 Å². The van der Waals surface area contributed by atoms with E-state index in [4.69, 9.17) is 15.7 Å². The average molecular weight is 339 g/mol. The summed E-state index contributed by atoms with van der Waals surface area (Å²) in [6.07, 6.45) is 0. The first-order valence-corrected chi connectivity index (χ1v) is 6.35. The second-order valence-electron chi connectivity index (χ2n) is 4.07. The molecule has 0 aliphatic carbocycles. The normalized spacial score (nSPS) is 10.2. The number of hydrogen-bond acceptors (Lipinski definition) is 3. The van der Waals surface area contributed by atoms with Crippen LogP contribution in [0.15, 0.2) is 28.7 Å². The minimum absolute atomic E-state index is 0.0628. The molecule has 0 spiro atoms. The van der Waals surface area contributed by atoms with E-state index in [1.165, 1.54) is 12.1 Å². The van der Waals surface area contributed by atoms with Crippen molar-refractivity contribution >= 4 is 21.6 Å². The number of hydrogen-bond donors (Lipinski definition) is 1. The van der Waals surface area contributed by atoms with Gasteiger partial charge in [0.2, 0.25) is 0 Å². The number of rotatable bonds is 2. The molecule has 0 saturated carbocycles. The van der Waals surface area contributed by atoms with Crippen LogP contribution in [0.1, 0.15) is 11.1 Å².